The molecule has 1 amide bonds. The van der Waals surface area contributed by atoms with E-state index in [9.17, 15) is 14.0 Å². The zero-order valence-corrected chi connectivity index (χ0v) is 24.4. The summed E-state index contributed by atoms with van der Waals surface area (Å²) in [4.78, 5) is 38.6. The van der Waals surface area contributed by atoms with Gasteiger partial charge in [-0.1, -0.05) is 19.1 Å². The summed E-state index contributed by atoms with van der Waals surface area (Å²) in [6, 6.07) is 12.5. The SMILES string of the molecule is CCC(=O)N1CCN(Cc2ccc(-c3cc4nccc(Oc5ccc(CC(=O)CC6COC6)cc5F)c4s3)nc2)CC1. The molecule has 0 bridgehead atoms. The highest BCUT2D eigenvalue weighted by molar-refractivity contribution is 7.22. The number of ketones is 1. The Kier molecular flexibility index (Phi) is 8.55. The molecule has 10 heteroatoms. The Labute approximate surface area is 248 Å². The quantitative estimate of drug-likeness (QED) is 0.242. The van der Waals surface area contributed by atoms with Crippen LogP contribution in [0.3, 0.4) is 0 Å². The molecule has 0 atom stereocenters. The van der Waals surface area contributed by atoms with Gasteiger partial charge in [0.05, 0.1) is 34.0 Å². The molecule has 6 rings (SSSR count). The van der Waals surface area contributed by atoms with E-state index in [4.69, 9.17) is 14.5 Å². The van der Waals surface area contributed by atoms with Gasteiger partial charge in [-0.2, -0.15) is 0 Å². The van der Waals surface area contributed by atoms with Crippen LogP contribution in [0.1, 0.15) is 30.9 Å². The van der Waals surface area contributed by atoms with Gasteiger partial charge >= 0.3 is 0 Å². The molecule has 0 radical (unpaired) electrons. The summed E-state index contributed by atoms with van der Waals surface area (Å²) in [7, 11) is 0. The molecule has 3 aromatic heterocycles. The van der Waals surface area contributed by atoms with E-state index in [0.717, 1.165) is 59.1 Å². The van der Waals surface area contributed by atoms with Gasteiger partial charge in [-0.25, -0.2) is 4.39 Å². The highest BCUT2D eigenvalue weighted by Gasteiger charge is 2.22. The number of nitrogens with zero attached hydrogens (tertiary/aromatic N) is 4. The van der Waals surface area contributed by atoms with E-state index >= 15 is 0 Å². The first kappa shape index (κ1) is 28.4. The number of Topliss-reactive ketones (excluding diaryl/α,β-unsaturated/α-hetero) is 1. The fourth-order valence-corrected chi connectivity index (χ4v) is 6.34. The number of benzene rings is 1. The normalized spacial score (nSPS) is 16.0. The van der Waals surface area contributed by atoms with Gasteiger partial charge in [0.15, 0.2) is 11.6 Å². The van der Waals surface area contributed by atoms with Crippen LogP contribution < -0.4 is 4.74 Å². The van der Waals surface area contributed by atoms with Crippen molar-refractivity contribution in [3.8, 4) is 22.1 Å². The van der Waals surface area contributed by atoms with Gasteiger partial charge in [0, 0.05) is 76.4 Å². The van der Waals surface area contributed by atoms with Gasteiger partial charge in [0.2, 0.25) is 5.91 Å². The molecule has 4 aromatic rings. The van der Waals surface area contributed by atoms with Gasteiger partial charge in [-0.15, -0.1) is 11.3 Å². The maximum atomic E-state index is 15.0. The lowest BCUT2D eigenvalue weighted by atomic mass is 9.97. The number of hydrogen-bond donors (Lipinski definition) is 0. The minimum Gasteiger partial charge on any atom is -0.453 e. The molecule has 2 aliphatic rings. The van der Waals surface area contributed by atoms with E-state index < -0.39 is 5.82 Å². The molecule has 0 N–H and O–H groups in total. The third-order valence-electron chi connectivity index (χ3n) is 7.73. The molecule has 0 unspecified atom stereocenters. The maximum Gasteiger partial charge on any atom is 0.222 e. The predicted molar refractivity (Wildman–Crippen MR) is 159 cm³/mol. The van der Waals surface area contributed by atoms with Gasteiger partial charge in [0.1, 0.15) is 11.5 Å². The van der Waals surface area contributed by atoms with Crippen LogP contribution in [0.4, 0.5) is 4.39 Å². The summed E-state index contributed by atoms with van der Waals surface area (Å²) in [5.41, 5.74) is 3.34. The first-order valence-corrected chi connectivity index (χ1v) is 15.2. The van der Waals surface area contributed by atoms with Crippen molar-refractivity contribution in [1.82, 2.24) is 19.8 Å². The number of piperazine rings is 1. The fourth-order valence-electron chi connectivity index (χ4n) is 5.30. The molecular formula is C32H33FN4O4S. The average Bonchev–Trinajstić information content (AvgIpc) is 3.42. The van der Waals surface area contributed by atoms with E-state index in [1.165, 1.54) is 17.4 Å². The molecule has 218 valence electrons. The lowest BCUT2D eigenvalue weighted by Crippen LogP contribution is -2.48. The van der Waals surface area contributed by atoms with Gasteiger partial charge in [0.25, 0.3) is 0 Å². The lowest BCUT2D eigenvalue weighted by Gasteiger charge is -2.34. The number of thiophene rings is 1. The van der Waals surface area contributed by atoms with Gasteiger partial charge in [-0.05, 0) is 35.4 Å². The Morgan fingerprint density at radius 1 is 1.02 bits per heavy atom. The number of carbonyl (C=O) groups is 2. The summed E-state index contributed by atoms with van der Waals surface area (Å²) in [6.07, 6.45) is 4.76. The molecule has 2 saturated heterocycles. The Hall–Kier alpha value is -3.73. The van der Waals surface area contributed by atoms with Gasteiger partial charge in [-0.3, -0.25) is 24.5 Å². The van der Waals surface area contributed by atoms with Crippen LogP contribution in [0.25, 0.3) is 20.8 Å². The average molecular weight is 589 g/mol. The second-order valence-electron chi connectivity index (χ2n) is 10.9. The Morgan fingerprint density at radius 2 is 1.83 bits per heavy atom. The molecular weight excluding hydrogens is 555 g/mol. The topological polar surface area (TPSA) is 84.9 Å². The second kappa shape index (κ2) is 12.6. The summed E-state index contributed by atoms with van der Waals surface area (Å²) in [6.45, 7) is 7.19. The molecule has 5 heterocycles. The van der Waals surface area contributed by atoms with Crippen LogP contribution in [0.2, 0.25) is 0 Å². The smallest absolute Gasteiger partial charge is 0.222 e. The largest absolute Gasteiger partial charge is 0.453 e. The number of carbonyl (C=O) groups excluding carboxylic acids is 2. The zero-order chi connectivity index (χ0) is 29.1. The number of rotatable bonds is 10. The van der Waals surface area contributed by atoms with E-state index in [1.54, 1.807) is 24.4 Å². The summed E-state index contributed by atoms with van der Waals surface area (Å²) in [5, 5.41) is 0. The number of halogens is 1. The van der Waals surface area contributed by atoms with Crippen LogP contribution in [0.5, 0.6) is 11.5 Å². The minimum atomic E-state index is -0.510. The molecule has 1 aromatic carbocycles. The Balaban J connectivity index is 1.10. The Bertz CT molecular complexity index is 1580. The summed E-state index contributed by atoms with van der Waals surface area (Å²) in [5.74, 6) is 0.694. The monoisotopic (exact) mass is 588 g/mol. The van der Waals surface area contributed by atoms with Crippen molar-refractivity contribution in [1.29, 1.82) is 0 Å². The predicted octanol–water partition coefficient (Wildman–Crippen LogP) is 5.49. The second-order valence-corrected chi connectivity index (χ2v) is 11.9. The van der Waals surface area contributed by atoms with Crippen molar-refractivity contribution in [2.24, 2.45) is 5.92 Å². The number of ether oxygens (including phenoxy) is 2. The van der Waals surface area contributed by atoms with Crippen LogP contribution in [-0.4, -0.2) is 70.9 Å². The van der Waals surface area contributed by atoms with Crippen LogP contribution in [0.15, 0.2) is 54.9 Å². The van der Waals surface area contributed by atoms with Crippen molar-refractivity contribution in [2.45, 2.75) is 32.7 Å². The minimum absolute atomic E-state index is 0.0860. The third-order valence-corrected chi connectivity index (χ3v) is 8.89. The molecule has 2 fully saturated rings. The van der Waals surface area contributed by atoms with Crippen molar-refractivity contribution < 1.29 is 23.5 Å². The lowest BCUT2D eigenvalue weighted by molar-refractivity contribution is -0.132. The molecule has 42 heavy (non-hydrogen) atoms. The first-order chi connectivity index (χ1) is 20.4. The zero-order valence-electron chi connectivity index (χ0n) is 23.6. The van der Waals surface area contributed by atoms with Crippen molar-refractivity contribution in [3.63, 3.8) is 0 Å². The number of fused-ring (bicyclic) bond motifs is 1. The number of aromatic nitrogens is 2. The van der Waals surface area contributed by atoms with E-state index in [0.29, 0.717) is 37.4 Å². The summed E-state index contributed by atoms with van der Waals surface area (Å²) >= 11 is 1.50. The molecule has 0 saturated carbocycles. The number of amides is 1. The van der Waals surface area contributed by atoms with E-state index in [2.05, 4.69) is 16.0 Å². The van der Waals surface area contributed by atoms with Crippen LogP contribution in [0, 0.1) is 11.7 Å². The first-order valence-electron chi connectivity index (χ1n) is 14.3. The highest BCUT2D eigenvalue weighted by Crippen LogP contribution is 2.39. The van der Waals surface area contributed by atoms with Crippen LogP contribution >= 0.6 is 11.3 Å². The van der Waals surface area contributed by atoms with Crippen LogP contribution in [-0.2, 0) is 27.3 Å². The molecule has 0 aliphatic carbocycles. The highest BCUT2D eigenvalue weighted by atomic mass is 32.1. The molecule has 0 spiro atoms. The molecule has 2 aliphatic heterocycles. The Morgan fingerprint density at radius 3 is 2.52 bits per heavy atom. The van der Waals surface area contributed by atoms with Crippen molar-refractivity contribution in [2.75, 3.05) is 39.4 Å². The number of hydrogen-bond acceptors (Lipinski definition) is 8. The van der Waals surface area contributed by atoms with Crippen molar-refractivity contribution >= 4 is 33.2 Å². The fraction of sp³-hybridized carbons (Fsp3) is 0.375. The standard InChI is InChI=1S/C32H33FN4O4S/c1-2-31(39)37-11-9-36(10-12-37)18-22-3-5-26(35-17-22)30-16-27-32(42-30)29(7-8-34-27)41-28-6-4-21(15-25(28)33)13-24(38)14-23-19-40-20-23/h3-8,15-17,23H,2,9-14,18-20H2,1H3. The van der Waals surface area contributed by atoms with Crippen molar-refractivity contribution in [3.05, 3.63) is 71.8 Å². The number of pyridine rings is 2. The summed E-state index contributed by atoms with van der Waals surface area (Å²) < 4.78 is 26.9. The van der Waals surface area contributed by atoms with E-state index in [-0.39, 0.29) is 29.8 Å². The maximum absolute atomic E-state index is 15.0. The van der Waals surface area contributed by atoms with E-state index in [1.807, 2.05) is 30.2 Å². The third kappa shape index (κ3) is 6.51. The molecule has 8 nitrogen and oxygen atoms in total. The van der Waals surface area contributed by atoms with Gasteiger partial charge < -0.3 is 14.4 Å².